The van der Waals surface area contributed by atoms with E-state index < -0.39 is 5.60 Å². The quantitative estimate of drug-likeness (QED) is 0.768. The molecule has 3 nitrogen and oxygen atoms in total. The Morgan fingerprint density at radius 2 is 1.82 bits per heavy atom. The Kier molecular flexibility index (Phi) is 4.11. The molecule has 2 N–H and O–H groups in total. The van der Waals surface area contributed by atoms with Crippen LogP contribution in [0.4, 0.5) is 0 Å². The predicted molar refractivity (Wildman–Crippen MR) is 71.1 cm³/mol. The van der Waals surface area contributed by atoms with E-state index in [1.165, 1.54) is 32.1 Å². The average Bonchev–Trinajstić information content (AvgIpc) is 2.55. The van der Waals surface area contributed by atoms with Gasteiger partial charge in [-0.25, -0.2) is 0 Å². The highest BCUT2D eigenvalue weighted by Gasteiger charge is 2.36. The number of hydrogen-bond donors (Lipinski definition) is 2. The van der Waals surface area contributed by atoms with Crippen LogP contribution in [0.25, 0.3) is 0 Å². The van der Waals surface area contributed by atoms with Crippen molar-refractivity contribution >= 4 is 0 Å². The van der Waals surface area contributed by atoms with Gasteiger partial charge in [-0.1, -0.05) is 6.92 Å². The highest BCUT2D eigenvalue weighted by Crippen LogP contribution is 2.30. The van der Waals surface area contributed by atoms with E-state index >= 15 is 0 Å². The maximum atomic E-state index is 10.0. The van der Waals surface area contributed by atoms with E-state index in [1.54, 1.807) is 0 Å². The number of piperidine rings is 1. The lowest BCUT2D eigenvalue weighted by atomic mass is 9.96. The minimum absolute atomic E-state index is 0.570. The molecular formula is C14H28N2O. The van der Waals surface area contributed by atoms with Gasteiger partial charge in [-0.2, -0.15) is 0 Å². The molecule has 0 spiro atoms. The number of aliphatic hydroxyl groups is 1. The first-order chi connectivity index (χ1) is 7.98. The van der Waals surface area contributed by atoms with Crippen LogP contribution in [0.2, 0.25) is 0 Å². The smallest absolute Gasteiger partial charge is 0.0718 e. The van der Waals surface area contributed by atoms with Crippen LogP contribution in [0.1, 0.15) is 52.9 Å². The van der Waals surface area contributed by atoms with Gasteiger partial charge in [0.15, 0.2) is 0 Å². The fourth-order valence-electron chi connectivity index (χ4n) is 3.50. The van der Waals surface area contributed by atoms with Crippen molar-refractivity contribution in [3.63, 3.8) is 0 Å². The molecule has 2 heterocycles. The second-order valence-electron chi connectivity index (χ2n) is 6.55. The summed E-state index contributed by atoms with van der Waals surface area (Å²) in [5.74, 6) is 0. The Morgan fingerprint density at radius 1 is 1.24 bits per heavy atom. The fourth-order valence-corrected chi connectivity index (χ4v) is 3.50. The summed E-state index contributed by atoms with van der Waals surface area (Å²) in [6.45, 7) is 8.00. The zero-order valence-electron chi connectivity index (χ0n) is 11.6. The molecular weight excluding hydrogens is 212 g/mol. The maximum absolute atomic E-state index is 10.0. The molecule has 2 aliphatic rings. The van der Waals surface area contributed by atoms with Crippen LogP contribution in [0.15, 0.2) is 0 Å². The van der Waals surface area contributed by atoms with E-state index in [0.29, 0.717) is 6.04 Å². The van der Waals surface area contributed by atoms with E-state index in [0.717, 1.165) is 25.2 Å². The summed E-state index contributed by atoms with van der Waals surface area (Å²) in [6.07, 6.45) is 6.42. The van der Waals surface area contributed by atoms with Crippen molar-refractivity contribution in [2.45, 2.75) is 76.6 Å². The molecule has 0 aromatic heterocycles. The van der Waals surface area contributed by atoms with E-state index in [-0.39, 0.29) is 0 Å². The van der Waals surface area contributed by atoms with Gasteiger partial charge >= 0.3 is 0 Å². The minimum Gasteiger partial charge on any atom is -0.389 e. The number of rotatable bonds is 5. The molecule has 0 aromatic carbocycles. The molecule has 0 saturated carbocycles. The first kappa shape index (κ1) is 13.3. The molecule has 0 aliphatic carbocycles. The van der Waals surface area contributed by atoms with Gasteiger partial charge in [0.2, 0.25) is 0 Å². The van der Waals surface area contributed by atoms with Crippen molar-refractivity contribution in [3.05, 3.63) is 0 Å². The molecule has 2 saturated heterocycles. The van der Waals surface area contributed by atoms with Crippen molar-refractivity contribution in [1.82, 2.24) is 10.2 Å². The van der Waals surface area contributed by atoms with E-state index in [2.05, 4.69) is 17.1 Å². The van der Waals surface area contributed by atoms with Gasteiger partial charge in [0, 0.05) is 24.7 Å². The molecule has 2 bridgehead atoms. The van der Waals surface area contributed by atoms with Crippen LogP contribution in [-0.2, 0) is 0 Å². The summed E-state index contributed by atoms with van der Waals surface area (Å²) in [7, 11) is 0. The van der Waals surface area contributed by atoms with Crippen molar-refractivity contribution in [3.8, 4) is 0 Å². The summed E-state index contributed by atoms with van der Waals surface area (Å²) in [4.78, 5) is 2.52. The molecule has 17 heavy (non-hydrogen) atoms. The number of hydrogen-bond acceptors (Lipinski definition) is 3. The van der Waals surface area contributed by atoms with Crippen LogP contribution >= 0.6 is 0 Å². The number of nitrogens with zero attached hydrogens (tertiary/aromatic N) is 1. The highest BCUT2D eigenvalue weighted by molar-refractivity contribution is 4.96. The van der Waals surface area contributed by atoms with Crippen LogP contribution in [0.3, 0.4) is 0 Å². The SMILES string of the molecule is CCCN(CC(C)(C)O)C1CC2CCC(C1)N2. The van der Waals surface area contributed by atoms with Crippen LogP contribution < -0.4 is 5.32 Å². The van der Waals surface area contributed by atoms with Gasteiger partial charge in [-0.3, -0.25) is 4.90 Å². The number of fused-ring (bicyclic) bond motifs is 2. The third kappa shape index (κ3) is 3.67. The molecule has 100 valence electrons. The van der Waals surface area contributed by atoms with Gasteiger partial charge in [-0.15, -0.1) is 0 Å². The Balaban J connectivity index is 1.95. The summed E-state index contributed by atoms with van der Waals surface area (Å²) >= 11 is 0. The summed E-state index contributed by atoms with van der Waals surface area (Å²) in [5, 5.41) is 13.7. The first-order valence-electron chi connectivity index (χ1n) is 7.20. The Labute approximate surface area is 106 Å². The molecule has 2 aliphatic heterocycles. The normalized spacial score (nSPS) is 33.4. The lowest BCUT2D eigenvalue weighted by Gasteiger charge is -2.40. The van der Waals surface area contributed by atoms with E-state index in [4.69, 9.17) is 0 Å². The molecule has 3 heteroatoms. The lowest BCUT2D eigenvalue weighted by Crippen LogP contribution is -2.51. The van der Waals surface area contributed by atoms with Gasteiger partial charge in [-0.05, 0) is 52.5 Å². The zero-order valence-corrected chi connectivity index (χ0v) is 11.6. The monoisotopic (exact) mass is 240 g/mol. The third-order valence-electron chi connectivity index (χ3n) is 4.07. The molecule has 0 amide bonds. The molecule has 2 rings (SSSR count). The Morgan fingerprint density at radius 3 is 2.29 bits per heavy atom. The van der Waals surface area contributed by atoms with Crippen LogP contribution in [-0.4, -0.2) is 46.8 Å². The number of nitrogens with one attached hydrogen (secondary N) is 1. The van der Waals surface area contributed by atoms with Gasteiger partial charge in [0.1, 0.15) is 0 Å². The molecule has 0 radical (unpaired) electrons. The predicted octanol–water partition coefficient (Wildman–Crippen LogP) is 1.75. The van der Waals surface area contributed by atoms with E-state index in [9.17, 15) is 5.11 Å². The van der Waals surface area contributed by atoms with Gasteiger partial charge in [0.05, 0.1) is 5.60 Å². The first-order valence-corrected chi connectivity index (χ1v) is 7.20. The van der Waals surface area contributed by atoms with Crippen molar-refractivity contribution in [2.75, 3.05) is 13.1 Å². The summed E-state index contributed by atoms with van der Waals surface area (Å²) in [6, 6.07) is 2.15. The third-order valence-corrected chi connectivity index (χ3v) is 4.07. The molecule has 2 fully saturated rings. The largest absolute Gasteiger partial charge is 0.389 e. The Bertz CT molecular complexity index is 237. The van der Waals surface area contributed by atoms with Crippen molar-refractivity contribution in [2.24, 2.45) is 0 Å². The second-order valence-corrected chi connectivity index (χ2v) is 6.55. The molecule has 2 unspecified atom stereocenters. The van der Waals surface area contributed by atoms with Crippen molar-refractivity contribution in [1.29, 1.82) is 0 Å². The Hall–Kier alpha value is -0.120. The summed E-state index contributed by atoms with van der Waals surface area (Å²) < 4.78 is 0. The maximum Gasteiger partial charge on any atom is 0.0718 e. The van der Waals surface area contributed by atoms with Crippen LogP contribution in [0, 0.1) is 0 Å². The lowest BCUT2D eigenvalue weighted by molar-refractivity contribution is 0.0113. The van der Waals surface area contributed by atoms with Gasteiger partial charge < -0.3 is 10.4 Å². The fraction of sp³-hybridized carbons (Fsp3) is 1.00. The molecule has 2 atom stereocenters. The average molecular weight is 240 g/mol. The highest BCUT2D eigenvalue weighted by atomic mass is 16.3. The zero-order chi connectivity index (χ0) is 12.5. The topological polar surface area (TPSA) is 35.5 Å². The summed E-state index contributed by atoms with van der Waals surface area (Å²) in [5.41, 5.74) is -0.570. The molecule has 0 aromatic rings. The van der Waals surface area contributed by atoms with Crippen LogP contribution in [0.5, 0.6) is 0 Å². The standard InChI is InChI=1S/C14H28N2O/c1-4-7-16(10-14(2,3)17)13-8-11-5-6-12(9-13)15-11/h11-13,15,17H,4-10H2,1-3H3. The second kappa shape index (κ2) is 5.25. The van der Waals surface area contributed by atoms with E-state index in [1.807, 2.05) is 13.8 Å². The minimum atomic E-state index is -0.570. The van der Waals surface area contributed by atoms with Gasteiger partial charge in [0.25, 0.3) is 0 Å². The van der Waals surface area contributed by atoms with Crippen molar-refractivity contribution < 1.29 is 5.11 Å².